The normalized spacial score (nSPS) is 12.3. The van der Waals surface area contributed by atoms with Crippen molar-refractivity contribution in [2.75, 3.05) is 7.11 Å². The highest BCUT2D eigenvalue weighted by Crippen LogP contribution is 2.35. The second-order valence-corrected chi connectivity index (χ2v) is 5.18. The van der Waals surface area contributed by atoms with Gasteiger partial charge < -0.3 is 4.74 Å². The summed E-state index contributed by atoms with van der Waals surface area (Å²) < 4.78 is 18.2. The third-order valence-electron chi connectivity index (χ3n) is 2.70. The highest BCUT2D eigenvalue weighted by molar-refractivity contribution is 6.32. The second kappa shape index (κ2) is 6.00. The number of benzene rings is 2. The Morgan fingerprint density at radius 1 is 1.00 bits per heavy atom. The molecule has 1 nitrogen and oxygen atoms in total. The van der Waals surface area contributed by atoms with Crippen LogP contribution in [-0.2, 0) is 0 Å². The number of alkyl halides is 1. The topological polar surface area (TPSA) is 9.23 Å². The van der Waals surface area contributed by atoms with E-state index in [9.17, 15) is 4.39 Å². The van der Waals surface area contributed by atoms with Crippen molar-refractivity contribution in [1.29, 1.82) is 0 Å². The zero-order chi connectivity index (χ0) is 14.0. The van der Waals surface area contributed by atoms with Gasteiger partial charge in [0.15, 0.2) is 0 Å². The summed E-state index contributed by atoms with van der Waals surface area (Å²) in [5.41, 5.74) is 1.49. The van der Waals surface area contributed by atoms with Crippen LogP contribution in [0.15, 0.2) is 36.4 Å². The summed E-state index contributed by atoms with van der Waals surface area (Å²) in [6, 6.07) is 9.65. The quantitative estimate of drug-likeness (QED) is 0.682. The number of methoxy groups -OCH3 is 1. The lowest BCUT2D eigenvalue weighted by atomic mass is 10.0. The SMILES string of the molecule is COc1ccc(C(Cl)c2ccc(F)c(Cl)c2)cc1Cl. The van der Waals surface area contributed by atoms with Gasteiger partial charge in [0, 0.05) is 0 Å². The first-order valence-electron chi connectivity index (χ1n) is 5.45. The molecule has 0 spiro atoms. The first-order chi connectivity index (χ1) is 9.02. The van der Waals surface area contributed by atoms with Crippen LogP contribution in [0.5, 0.6) is 5.75 Å². The predicted molar refractivity (Wildman–Crippen MR) is 77.1 cm³/mol. The fourth-order valence-electron chi connectivity index (χ4n) is 1.70. The lowest BCUT2D eigenvalue weighted by Gasteiger charge is -2.12. The van der Waals surface area contributed by atoms with Crippen molar-refractivity contribution in [2.45, 2.75) is 5.38 Å². The summed E-state index contributed by atoms with van der Waals surface area (Å²) in [6.07, 6.45) is 0. The maximum atomic E-state index is 13.1. The van der Waals surface area contributed by atoms with E-state index in [2.05, 4.69) is 0 Å². The summed E-state index contributed by atoms with van der Waals surface area (Å²) in [6.45, 7) is 0. The van der Waals surface area contributed by atoms with Crippen LogP contribution in [0.25, 0.3) is 0 Å². The average molecular weight is 320 g/mol. The van der Waals surface area contributed by atoms with Gasteiger partial charge in [0.25, 0.3) is 0 Å². The van der Waals surface area contributed by atoms with E-state index in [0.29, 0.717) is 16.3 Å². The van der Waals surface area contributed by atoms with Gasteiger partial charge in [-0.3, -0.25) is 0 Å². The molecular weight excluding hydrogens is 310 g/mol. The molecule has 19 heavy (non-hydrogen) atoms. The van der Waals surface area contributed by atoms with E-state index < -0.39 is 11.2 Å². The Bertz CT molecular complexity index is 601. The Balaban J connectivity index is 2.35. The summed E-state index contributed by atoms with van der Waals surface area (Å²) in [5, 5.41) is 0.0584. The zero-order valence-electron chi connectivity index (χ0n) is 9.96. The molecule has 0 aliphatic rings. The Labute approximate surface area is 125 Å². The molecule has 0 N–H and O–H groups in total. The molecule has 0 radical (unpaired) electrons. The highest BCUT2D eigenvalue weighted by Gasteiger charge is 2.14. The van der Waals surface area contributed by atoms with Gasteiger partial charge in [-0.15, -0.1) is 11.6 Å². The monoisotopic (exact) mass is 318 g/mol. The van der Waals surface area contributed by atoms with Gasteiger partial charge in [0.2, 0.25) is 0 Å². The van der Waals surface area contributed by atoms with E-state index >= 15 is 0 Å². The van der Waals surface area contributed by atoms with Crippen molar-refractivity contribution in [3.63, 3.8) is 0 Å². The van der Waals surface area contributed by atoms with Crippen LogP contribution in [0.1, 0.15) is 16.5 Å². The molecule has 100 valence electrons. The number of hydrogen-bond acceptors (Lipinski definition) is 1. The number of hydrogen-bond donors (Lipinski definition) is 0. The molecule has 0 saturated carbocycles. The first-order valence-corrected chi connectivity index (χ1v) is 6.64. The molecule has 1 atom stereocenters. The van der Waals surface area contributed by atoms with Crippen molar-refractivity contribution in [2.24, 2.45) is 0 Å². The summed E-state index contributed by atoms with van der Waals surface area (Å²) in [4.78, 5) is 0. The third kappa shape index (κ3) is 3.14. The average Bonchev–Trinajstić information content (AvgIpc) is 2.41. The largest absolute Gasteiger partial charge is 0.495 e. The van der Waals surface area contributed by atoms with Crippen molar-refractivity contribution < 1.29 is 9.13 Å². The minimum Gasteiger partial charge on any atom is -0.495 e. The molecule has 0 aliphatic carbocycles. The van der Waals surface area contributed by atoms with E-state index in [0.717, 1.165) is 5.56 Å². The number of rotatable bonds is 3. The molecule has 0 bridgehead atoms. The molecule has 1 unspecified atom stereocenters. The molecule has 2 rings (SSSR count). The molecule has 2 aromatic carbocycles. The summed E-state index contributed by atoms with van der Waals surface area (Å²) in [5.74, 6) is 0.105. The lowest BCUT2D eigenvalue weighted by molar-refractivity contribution is 0.415. The molecule has 0 aromatic heterocycles. The third-order valence-corrected chi connectivity index (χ3v) is 3.79. The van der Waals surface area contributed by atoms with Gasteiger partial charge in [-0.2, -0.15) is 0 Å². The lowest BCUT2D eigenvalue weighted by Crippen LogP contribution is -1.95. The van der Waals surface area contributed by atoms with Crippen LogP contribution in [0, 0.1) is 5.82 Å². The Morgan fingerprint density at radius 2 is 1.58 bits per heavy atom. The number of ether oxygens (including phenoxy) is 1. The summed E-state index contributed by atoms with van der Waals surface area (Å²) >= 11 is 18.1. The van der Waals surface area contributed by atoms with Gasteiger partial charge in [-0.1, -0.05) is 35.3 Å². The summed E-state index contributed by atoms with van der Waals surface area (Å²) in [7, 11) is 1.54. The van der Waals surface area contributed by atoms with Crippen LogP contribution < -0.4 is 4.74 Å². The Kier molecular flexibility index (Phi) is 4.56. The van der Waals surface area contributed by atoms with E-state index in [1.807, 2.05) is 0 Å². The fraction of sp³-hybridized carbons (Fsp3) is 0.143. The molecule has 0 saturated heterocycles. The van der Waals surface area contributed by atoms with Crippen molar-refractivity contribution in [3.8, 4) is 5.75 Å². The van der Waals surface area contributed by atoms with Crippen molar-refractivity contribution >= 4 is 34.8 Å². The molecule has 0 amide bonds. The molecule has 5 heteroatoms. The van der Waals surface area contributed by atoms with Crippen LogP contribution in [0.4, 0.5) is 4.39 Å². The first kappa shape index (κ1) is 14.4. The predicted octanol–water partition coefficient (Wildman–Crippen LogP) is 5.47. The Morgan fingerprint density at radius 3 is 2.11 bits per heavy atom. The van der Waals surface area contributed by atoms with E-state index in [4.69, 9.17) is 39.5 Å². The Hall–Kier alpha value is -0.960. The van der Waals surface area contributed by atoms with Crippen molar-refractivity contribution in [1.82, 2.24) is 0 Å². The van der Waals surface area contributed by atoms with E-state index in [-0.39, 0.29) is 5.02 Å². The van der Waals surface area contributed by atoms with Crippen LogP contribution >= 0.6 is 34.8 Å². The van der Waals surface area contributed by atoms with Gasteiger partial charge in [0.1, 0.15) is 11.6 Å². The molecule has 0 heterocycles. The van der Waals surface area contributed by atoms with Crippen LogP contribution in [0.2, 0.25) is 10.0 Å². The van der Waals surface area contributed by atoms with Crippen LogP contribution in [-0.4, -0.2) is 7.11 Å². The highest BCUT2D eigenvalue weighted by atomic mass is 35.5. The zero-order valence-corrected chi connectivity index (χ0v) is 12.2. The maximum absolute atomic E-state index is 13.1. The minimum atomic E-state index is -0.470. The molecule has 0 aliphatic heterocycles. The fourth-order valence-corrected chi connectivity index (χ4v) is 2.43. The van der Waals surface area contributed by atoms with Gasteiger partial charge >= 0.3 is 0 Å². The smallest absolute Gasteiger partial charge is 0.141 e. The second-order valence-electron chi connectivity index (χ2n) is 3.93. The maximum Gasteiger partial charge on any atom is 0.141 e. The standard InChI is InChI=1S/C14H10Cl3FO/c1-19-13-5-3-9(7-11(13)16)14(17)8-2-4-12(18)10(15)6-8/h2-7,14H,1H3. The van der Waals surface area contributed by atoms with E-state index in [1.54, 1.807) is 31.4 Å². The molecular formula is C14H10Cl3FO. The van der Waals surface area contributed by atoms with E-state index in [1.165, 1.54) is 12.1 Å². The molecule has 0 fully saturated rings. The van der Waals surface area contributed by atoms with Gasteiger partial charge in [-0.05, 0) is 35.4 Å². The van der Waals surface area contributed by atoms with Crippen molar-refractivity contribution in [3.05, 3.63) is 63.4 Å². The van der Waals surface area contributed by atoms with Gasteiger partial charge in [-0.25, -0.2) is 4.39 Å². The van der Waals surface area contributed by atoms with Gasteiger partial charge in [0.05, 0.1) is 22.5 Å². The minimum absolute atomic E-state index is 0.0442. The van der Waals surface area contributed by atoms with Crippen LogP contribution in [0.3, 0.4) is 0 Å². The molecule has 2 aromatic rings. The number of halogens is 4.